The van der Waals surface area contributed by atoms with Gasteiger partial charge in [0.1, 0.15) is 0 Å². The SMILES string of the molecule is Cc1cnc2c(c1)CC(c1cc(NC(=O)c3nc(C)oc3C(F)(F)F)ccc1Cl)=N2. The largest absolute Gasteiger partial charge is 0.452 e. The Morgan fingerprint density at radius 1 is 1.23 bits per heavy atom. The number of anilines is 1. The monoisotopic (exact) mass is 434 g/mol. The lowest BCUT2D eigenvalue weighted by molar-refractivity contribution is -0.153. The number of amides is 1. The number of benzene rings is 1. The molecule has 0 saturated heterocycles. The van der Waals surface area contributed by atoms with Gasteiger partial charge < -0.3 is 9.73 Å². The van der Waals surface area contributed by atoms with E-state index in [0.717, 1.165) is 11.1 Å². The van der Waals surface area contributed by atoms with Crippen LogP contribution in [0.1, 0.15) is 38.8 Å². The summed E-state index contributed by atoms with van der Waals surface area (Å²) in [5, 5.41) is 2.81. The number of aryl methyl sites for hydroxylation is 2. The Kier molecular flexibility index (Phi) is 4.85. The summed E-state index contributed by atoms with van der Waals surface area (Å²) in [6, 6.07) is 6.55. The molecule has 0 atom stereocenters. The van der Waals surface area contributed by atoms with Crippen molar-refractivity contribution in [2.75, 3.05) is 5.32 Å². The average molecular weight is 435 g/mol. The lowest BCUT2D eigenvalue weighted by Gasteiger charge is -2.09. The van der Waals surface area contributed by atoms with Crippen molar-refractivity contribution in [3.05, 3.63) is 69.5 Å². The highest BCUT2D eigenvalue weighted by molar-refractivity contribution is 6.34. The van der Waals surface area contributed by atoms with Gasteiger partial charge in [0.25, 0.3) is 5.91 Å². The van der Waals surface area contributed by atoms with Crippen LogP contribution in [0.25, 0.3) is 0 Å². The molecular formula is C20H14ClF3N4O2. The number of carbonyl (C=O) groups is 1. The molecule has 10 heteroatoms. The van der Waals surface area contributed by atoms with Gasteiger partial charge in [0.2, 0.25) is 5.76 Å². The van der Waals surface area contributed by atoms with Crippen molar-refractivity contribution >= 4 is 34.7 Å². The van der Waals surface area contributed by atoms with Gasteiger partial charge in [0.05, 0.1) is 5.71 Å². The van der Waals surface area contributed by atoms with Crippen LogP contribution in [0.15, 0.2) is 39.9 Å². The summed E-state index contributed by atoms with van der Waals surface area (Å²) in [5.74, 6) is -2.15. The van der Waals surface area contributed by atoms with E-state index in [1.165, 1.54) is 19.1 Å². The molecule has 0 bridgehead atoms. The minimum Gasteiger partial charge on any atom is -0.436 e. The molecule has 6 nitrogen and oxygen atoms in total. The van der Waals surface area contributed by atoms with E-state index in [9.17, 15) is 18.0 Å². The molecule has 0 saturated carbocycles. The number of alkyl halides is 3. The molecule has 0 spiro atoms. The third kappa shape index (κ3) is 3.80. The smallest absolute Gasteiger partial charge is 0.436 e. The van der Waals surface area contributed by atoms with Crippen LogP contribution in [-0.2, 0) is 12.6 Å². The number of carbonyl (C=O) groups excluding carboxylic acids is 1. The fraction of sp³-hybridized carbons (Fsp3) is 0.200. The second-order valence-corrected chi connectivity index (χ2v) is 7.19. The summed E-state index contributed by atoms with van der Waals surface area (Å²) in [6.45, 7) is 3.16. The molecule has 30 heavy (non-hydrogen) atoms. The summed E-state index contributed by atoms with van der Waals surface area (Å²) < 4.78 is 43.8. The highest BCUT2D eigenvalue weighted by Gasteiger charge is 2.41. The predicted molar refractivity (Wildman–Crippen MR) is 105 cm³/mol. The lowest BCUT2D eigenvalue weighted by atomic mass is 10.0. The third-order valence-corrected chi connectivity index (χ3v) is 4.75. The molecule has 1 aliphatic rings. The van der Waals surface area contributed by atoms with Crippen LogP contribution in [0, 0.1) is 13.8 Å². The van der Waals surface area contributed by atoms with Gasteiger partial charge in [-0.2, -0.15) is 13.2 Å². The normalized spacial score (nSPS) is 13.2. The summed E-state index contributed by atoms with van der Waals surface area (Å²) in [6.07, 6.45) is -2.63. The maximum Gasteiger partial charge on any atom is 0.452 e. The lowest BCUT2D eigenvalue weighted by Crippen LogP contribution is -2.18. The fourth-order valence-electron chi connectivity index (χ4n) is 3.14. The summed E-state index contributed by atoms with van der Waals surface area (Å²) in [4.78, 5) is 24.8. The van der Waals surface area contributed by atoms with E-state index in [2.05, 4.69) is 24.7 Å². The zero-order valence-corrected chi connectivity index (χ0v) is 16.5. The Bertz CT molecular complexity index is 1200. The van der Waals surface area contributed by atoms with Crippen molar-refractivity contribution in [3.8, 4) is 0 Å². The number of hydrogen-bond acceptors (Lipinski definition) is 5. The first kappa shape index (κ1) is 20.1. The van der Waals surface area contributed by atoms with E-state index in [0.29, 0.717) is 28.5 Å². The molecule has 1 aromatic carbocycles. The molecule has 3 aromatic rings. The molecule has 4 rings (SSSR count). The average Bonchev–Trinajstić information content (AvgIpc) is 3.26. The number of aromatic nitrogens is 2. The first-order chi connectivity index (χ1) is 14.1. The van der Waals surface area contributed by atoms with E-state index in [4.69, 9.17) is 11.6 Å². The summed E-state index contributed by atoms with van der Waals surface area (Å²) >= 11 is 6.30. The van der Waals surface area contributed by atoms with E-state index < -0.39 is 23.5 Å². The fourth-order valence-corrected chi connectivity index (χ4v) is 3.37. The third-order valence-electron chi connectivity index (χ3n) is 4.42. The predicted octanol–water partition coefficient (Wildman–Crippen LogP) is 5.29. The minimum absolute atomic E-state index is 0.246. The number of pyridine rings is 1. The zero-order valence-electron chi connectivity index (χ0n) is 15.8. The van der Waals surface area contributed by atoms with Gasteiger partial charge in [0, 0.05) is 41.4 Å². The molecule has 0 radical (unpaired) electrons. The number of nitrogens with one attached hydrogen (secondary N) is 1. The van der Waals surface area contributed by atoms with Gasteiger partial charge in [-0.15, -0.1) is 0 Å². The number of aliphatic imine (C=N–C) groups is 1. The molecule has 1 aliphatic heterocycles. The molecule has 0 fully saturated rings. The molecule has 2 aromatic heterocycles. The van der Waals surface area contributed by atoms with E-state index >= 15 is 0 Å². The Balaban J connectivity index is 1.62. The highest BCUT2D eigenvalue weighted by Crippen LogP contribution is 2.34. The second kappa shape index (κ2) is 7.24. The molecule has 3 heterocycles. The van der Waals surface area contributed by atoms with Crippen LogP contribution in [-0.4, -0.2) is 21.6 Å². The first-order valence-corrected chi connectivity index (χ1v) is 9.18. The van der Waals surface area contributed by atoms with Crippen molar-refractivity contribution in [3.63, 3.8) is 0 Å². The van der Waals surface area contributed by atoms with E-state index in [1.54, 1.807) is 12.3 Å². The zero-order chi connectivity index (χ0) is 21.6. The Morgan fingerprint density at radius 2 is 2.00 bits per heavy atom. The highest BCUT2D eigenvalue weighted by atomic mass is 35.5. The molecule has 0 aliphatic carbocycles. The number of hydrogen-bond donors (Lipinski definition) is 1. The van der Waals surface area contributed by atoms with Crippen molar-refractivity contribution in [2.45, 2.75) is 26.4 Å². The van der Waals surface area contributed by atoms with Gasteiger partial charge in [-0.3, -0.25) is 4.79 Å². The number of rotatable bonds is 3. The Hall–Kier alpha value is -3.20. The van der Waals surface area contributed by atoms with Crippen molar-refractivity contribution in [1.82, 2.24) is 9.97 Å². The van der Waals surface area contributed by atoms with Gasteiger partial charge in [0.15, 0.2) is 17.4 Å². The maximum absolute atomic E-state index is 13.1. The van der Waals surface area contributed by atoms with Gasteiger partial charge >= 0.3 is 6.18 Å². The van der Waals surface area contributed by atoms with Gasteiger partial charge in [-0.1, -0.05) is 17.7 Å². The van der Waals surface area contributed by atoms with Crippen molar-refractivity contribution in [1.29, 1.82) is 0 Å². The number of nitrogens with zero attached hydrogens (tertiary/aromatic N) is 3. The topological polar surface area (TPSA) is 80.4 Å². The summed E-state index contributed by atoms with van der Waals surface area (Å²) in [7, 11) is 0. The molecule has 0 unspecified atom stereocenters. The molecule has 1 N–H and O–H groups in total. The molecule has 1 amide bonds. The number of oxazole rings is 1. The van der Waals surface area contributed by atoms with Gasteiger partial charge in [-0.05, 0) is 30.7 Å². The van der Waals surface area contributed by atoms with Crippen LogP contribution in [0.5, 0.6) is 0 Å². The Morgan fingerprint density at radius 3 is 2.73 bits per heavy atom. The van der Waals surface area contributed by atoms with Crippen molar-refractivity contribution in [2.24, 2.45) is 4.99 Å². The van der Waals surface area contributed by atoms with Crippen LogP contribution >= 0.6 is 11.6 Å². The van der Waals surface area contributed by atoms with Crippen molar-refractivity contribution < 1.29 is 22.4 Å². The quantitative estimate of drug-likeness (QED) is 0.607. The van der Waals surface area contributed by atoms with Gasteiger partial charge in [-0.25, -0.2) is 15.0 Å². The van der Waals surface area contributed by atoms with Crippen LogP contribution < -0.4 is 5.32 Å². The maximum atomic E-state index is 13.1. The minimum atomic E-state index is -4.84. The first-order valence-electron chi connectivity index (χ1n) is 8.81. The van der Waals surface area contributed by atoms with Crippen LogP contribution in [0.3, 0.4) is 0 Å². The van der Waals surface area contributed by atoms with E-state index in [-0.39, 0.29) is 11.6 Å². The molecular weight excluding hydrogens is 421 g/mol. The number of fused-ring (bicyclic) bond motifs is 1. The second-order valence-electron chi connectivity index (χ2n) is 6.79. The van der Waals surface area contributed by atoms with Crippen LogP contribution in [0.4, 0.5) is 24.7 Å². The Labute approximate surface area is 173 Å². The van der Waals surface area contributed by atoms with Crippen LogP contribution in [0.2, 0.25) is 5.02 Å². The van der Waals surface area contributed by atoms with E-state index in [1.807, 2.05) is 13.0 Å². The number of halogens is 4. The molecule has 154 valence electrons. The standard InChI is InChI=1S/C20H14ClF3N4O2/c1-9-5-11-6-15(28-18(11)25-8-9)13-7-12(3-4-14(13)21)27-19(29)16-17(20(22,23)24)30-10(2)26-16/h3-5,7-8H,6H2,1-2H3,(H,27,29). The summed E-state index contributed by atoms with van der Waals surface area (Å²) in [5.41, 5.74) is 2.57.